The van der Waals surface area contributed by atoms with Crippen molar-refractivity contribution >= 4 is 17.7 Å². The van der Waals surface area contributed by atoms with Gasteiger partial charge in [-0.25, -0.2) is 4.39 Å². The van der Waals surface area contributed by atoms with Gasteiger partial charge < -0.3 is 4.90 Å². The van der Waals surface area contributed by atoms with Crippen LogP contribution < -0.4 is 0 Å². The van der Waals surface area contributed by atoms with Crippen molar-refractivity contribution in [2.24, 2.45) is 0 Å². The van der Waals surface area contributed by atoms with Crippen molar-refractivity contribution in [2.45, 2.75) is 11.6 Å². The van der Waals surface area contributed by atoms with Crippen LogP contribution in [0, 0.1) is 5.82 Å². The van der Waals surface area contributed by atoms with Gasteiger partial charge in [-0.05, 0) is 35.9 Å². The zero-order valence-corrected chi connectivity index (χ0v) is 13.2. The summed E-state index contributed by atoms with van der Waals surface area (Å²) in [5.74, 6) is -0.299. The summed E-state index contributed by atoms with van der Waals surface area (Å²) in [6, 6.07) is 10.3. The Morgan fingerprint density at radius 2 is 1.88 bits per heavy atom. The highest BCUT2D eigenvalue weighted by Crippen LogP contribution is 2.40. The molecular weight excluding hydrogens is 342 g/mol. The van der Waals surface area contributed by atoms with E-state index in [-0.39, 0.29) is 11.5 Å². The maximum Gasteiger partial charge on any atom is 0.416 e. The lowest BCUT2D eigenvalue weighted by Crippen LogP contribution is -2.30. The number of carbonyl (C=O) groups is 1. The normalized spacial score (nSPS) is 18.0. The van der Waals surface area contributed by atoms with Crippen molar-refractivity contribution in [1.82, 2.24) is 4.90 Å². The molecule has 2 aromatic carbocycles. The molecule has 126 valence electrons. The van der Waals surface area contributed by atoms with E-state index in [1.165, 1.54) is 40.9 Å². The predicted octanol–water partition coefficient (Wildman–Crippen LogP) is 4.73. The van der Waals surface area contributed by atoms with Crippen molar-refractivity contribution in [3.05, 3.63) is 71.0 Å². The SMILES string of the molecule is O=C(c1cccc(F)c1)N1CCSC1c1cccc(C(F)(F)F)c1. The first-order valence-electron chi connectivity index (χ1n) is 7.21. The van der Waals surface area contributed by atoms with E-state index in [0.717, 1.165) is 18.2 Å². The van der Waals surface area contributed by atoms with Crippen LogP contribution in [-0.2, 0) is 6.18 Å². The minimum atomic E-state index is -4.43. The van der Waals surface area contributed by atoms with Gasteiger partial charge in [0, 0.05) is 17.9 Å². The highest BCUT2D eigenvalue weighted by atomic mass is 32.2. The molecule has 2 aromatic rings. The molecule has 1 fully saturated rings. The predicted molar refractivity (Wildman–Crippen MR) is 84.1 cm³/mol. The summed E-state index contributed by atoms with van der Waals surface area (Å²) in [5, 5.41) is -0.511. The smallest absolute Gasteiger partial charge is 0.322 e. The second-order valence-corrected chi connectivity index (χ2v) is 6.54. The lowest BCUT2D eigenvalue weighted by Gasteiger charge is -2.25. The van der Waals surface area contributed by atoms with E-state index < -0.39 is 22.9 Å². The molecule has 1 amide bonds. The van der Waals surface area contributed by atoms with Crippen molar-refractivity contribution in [3.63, 3.8) is 0 Å². The van der Waals surface area contributed by atoms with Gasteiger partial charge in [0.15, 0.2) is 0 Å². The molecule has 0 aliphatic carbocycles. The fourth-order valence-corrected chi connectivity index (χ4v) is 3.86. The molecule has 1 aliphatic rings. The number of hydrogen-bond donors (Lipinski definition) is 0. The number of hydrogen-bond acceptors (Lipinski definition) is 2. The Morgan fingerprint density at radius 3 is 2.58 bits per heavy atom. The molecule has 7 heteroatoms. The van der Waals surface area contributed by atoms with Crippen molar-refractivity contribution in [3.8, 4) is 0 Å². The molecule has 0 bridgehead atoms. The summed E-state index contributed by atoms with van der Waals surface area (Å²) in [4.78, 5) is 14.1. The first kappa shape index (κ1) is 16.8. The second kappa shape index (κ2) is 6.47. The highest BCUT2D eigenvalue weighted by Gasteiger charge is 2.34. The molecule has 1 unspecified atom stereocenters. The Balaban J connectivity index is 1.90. The third-order valence-corrected chi connectivity index (χ3v) is 4.98. The van der Waals surface area contributed by atoms with Crippen LogP contribution in [0.2, 0.25) is 0 Å². The van der Waals surface area contributed by atoms with Crippen LogP contribution in [0.5, 0.6) is 0 Å². The molecule has 0 spiro atoms. The van der Waals surface area contributed by atoms with Gasteiger partial charge in [0.25, 0.3) is 5.91 Å². The molecule has 2 nitrogen and oxygen atoms in total. The van der Waals surface area contributed by atoms with Crippen LogP contribution in [0.3, 0.4) is 0 Å². The minimum absolute atomic E-state index is 0.189. The topological polar surface area (TPSA) is 20.3 Å². The first-order valence-corrected chi connectivity index (χ1v) is 8.26. The Kier molecular flexibility index (Phi) is 4.54. The van der Waals surface area contributed by atoms with Crippen LogP contribution in [0.15, 0.2) is 48.5 Å². The number of alkyl halides is 3. The molecule has 3 rings (SSSR count). The first-order chi connectivity index (χ1) is 11.4. The van der Waals surface area contributed by atoms with Gasteiger partial charge in [0.2, 0.25) is 0 Å². The molecule has 1 atom stereocenters. The largest absolute Gasteiger partial charge is 0.416 e. The summed E-state index contributed by atoms with van der Waals surface area (Å²) in [5.41, 5.74) is -0.141. The summed E-state index contributed by atoms with van der Waals surface area (Å²) >= 11 is 1.39. The molecule has 1 aliphatic heterocycles. The number of benzene rings is 2. The Labute approximate surface area is 140 Å². The minimum Gasteiger partial charge on any atom is -0.322 e. The Hall–Kier alpha value is -2.02. The summed E-state index contributed by atoms with van der Waals surface area (Å²) in [6.45, 7) is 0.404. The third-order valence-electron chi connectivity index (χ3n) is 3.72. The maximum absolute atomic E-state index is 13.3. The van der Waals surface area contributed by atoms with Crippen molar-refractivity contribution in [1.29, 1.82) is 0 Å². The summed E-state index contributed by atoms with van der Waals surface area (Å²) < 4.78 is 52.0. The molecule has 0 radical (unpaired) electrons. The summed E-state index contributed by atoms with van der Waals surface area (Å²) in [6.07, 6.45) is -4.43. The van der Waals surface area contributed by atoms with Gasteiger partial charge in [-0.15, -0.1) is 11.8 Å². The molecule has 1 saturated heterocycles. The maximum atomic E-state index is 13.3. The van der Waals surface area contributed by atoms with Crippen LogP contribution in [-0.4, -0.2) is 23.1 Å². The molecule has 1 heterocycles. The molecular formula is C17H13F4NOS. The number of thioether (sulfide) groups is 1. The average Bonchev–Trinajstić information content (AvgIpc) is 3.03. The van der Waals surface area contributed by atoms with Crippen molar-refractivity contribution in [2.75, 3.05) is 12.3 Å². The van der Waals surface area contributed by atoms with E-state index in [1.807, 2.05) is 0 Å². The van der Waals surface area contributed by atoms with E-state index in [1.54, 1.807) is 6.07 Å². The van der Waals surface area contributed by atoms with Crippen LogP contribution >= 0.6 is 11.8 Å². The number of amides is 1. The zero-order chi connectivity index (χ0) is 17.3. The van der Waals surface area contributed by atoms with Gasteiger partial charge >= 0.3 is 6.18 Å². The molecule has 24 heavy (non-hydrogen) atoms. The number of halogens is 4. The standard InChI is InChI=1S/C17H13F4NOS/c18-14-6-2-3-11(10-14)15(23)22-7-8-24-16(22)12-4-1-5-13(9-12)17(19,20)21/h1-6,9-10,16H,7-8H2. The summed E-state index contributed by atoms with van der Waals surface area (Å²) in [7, 11) is 0. The van der Waals surface area contributed by atoms with Gasteiger partial charge in [-0.2, -0.15) is 13.2 Å². The van der Waals surface area contributed by atoms with Gasteiger partial charge in [-0.3, -0.25) is 4.79 Å². The van der Waals surface area contributed by atoms with Crippen LogP contribution in [0.25, 0.3) is 0 Å². The van der Waals surface area contributed by atoms with Gasteiger partial charge in [0.05, 0.1) is 5.56 Å². The Bertz CT molecular complexity index is 762. The van der Waals surface area contributed by atoms with E-state index in [4.69, 9.17) is 0 Å². The zero-order valence-electron chi connectivity index (χ0n) is 12.4. The third kappa shape index (κ3) is 3.40. The monoisotopic (exact) mass is 355 g/mol. The fraction of sp³-hybridized carbons (Fsp3) is 0.235. The van der Waals surface area contributed by atoms with E-state index in [2.05, 4.69) is 0 Å². The highest BCUT2D eigenvalue weighted by molar-refractivity contribution is 7.99. The quantitative estimate of drug-likeness (QED) is 0.726. The van der Waals surface area contributed by atoms with Gasteiger partial charge in [-0.1, -0.05) is 18.2 Å². The average molecular weight is 355 g/mol. The molecule has 0 aromatic heterocycles. The lowest BCUT2D eigenvalue weighted by molar-refractivity contribution is -0.137. The van der Waals surface area contributed by atoms with E-state index >= 15 is 0 Å². The van der Waals surface area contributed by atoms with E-state index in [0.29, 0.717) is 17.9 Å². The van der Waals surface area contributed by atoms with Crippen molar-refractivity contribution < 1.29 is 22.4 Å². The second-order valence-electron chi connectivity index (χ2n) is 5.36. The van der Waals surface area contributed by atoms with Crippen LogP contribution in [0.4, 0.5) is 17.6 Å². The lowest BCUT2D eigenvalue weighted by atomic mass is 10.1. The van der Waals surface area contributed by atoms with E-state index in [9.17, 15) is 22.4 Å². The molecule has 0 saturated carbocycles. The van der Waals surface area contributed by atoms with Gasteiger partial charge in [0.1, 0.15) is 11.2 Å². The van der Waals surface area contributed by atoms with Crippen LogP contribution in [0.1, 0.15) is 26.9 Å². The number of rotatable bonds is 2. The number of nitrogens with zero attached hydrogens (tertiary/aromatic N) is 1. The molecule has 0 N–H and O–H groups in total. The fourth-order valence-electron chi connectivity index (χ4n) is 2.61. The number of carbonyl (C=O) groups excluding carboxylic acids is 1. The Morgan fingerprint density at radius 1 is 1.12 bits per heavy atom.